The first-order valence-electron chi connectivity index (χ1n) is 8.43. The van der Waals surface area contributed by atoms with Gasteiger partial charge in [0.25, 0.3) is 5.56 Å². The molecule has 134 valence electrons. The van der Waals surface area contributed by atoms with Crippen molar-refractivity contribution in [2.24, 2.45) is 5.10 Å². The minimum absolute atomic E-state index is 0.0399. The van der Waals surface area contributed by atoms with Crippen molar-refractivity contribution in [2.75, 3.05) is 0 Å². The third kappa shape index (κ3) is 2.89. The fourth-order valence-corrected chi connectivity index (χ4v) is 2.91. The lowest BCUT2D eigenvalue weighted by Gasteiger charge is -2.05. The highest BCUT2D eigenvalue weighted by Crippen LogP contribution is 2.23. The van der Waals surface area contributed by atoms with Crippen molar-refractivity contribution in [1.29, 1.82) is 0 Å². The maximum Gasteiger partial charge on any atom is 0.282 e. The van der Waals surface area contributed by atoms with Crippen molar-refractivity contribution < 1.29 is 5.11 Å². The Morgan fingerprint density at radius 2 is 1.74 bits per heavy atom. The lowest BCUT2D eigenvalue weighted by atomic mass is 10.2. The number of hydrogen-bond donors (Lipinski definition) is 1. The zero-order valence-corrected chi connectivity index (χ0v) is 14.9. The van der Waals surface area contributed by atoms with E-state index >= 15 is 0 Å². The van der Waals surface area contributed by atoms with Crippen molar-refractivity contribution in [3.63, 3.8) is 0 Å². The van der Waals surface area contributed by atoms with Crippen LogP contribution in [0.5, 0.6) is 5.88 Å². The van der Waals surface area contributed by atoms with Crippen LogP contribution in [-0.2, 0) is 0 Å². The van der Waals surface area contributed by atoms with Crippen LogP contribution in [0.25, 0.3) is 16.6 Å². The van der Waals surface area contributed by atoms with Gasteiger partial charge in [0, 0.05) is 0 Å². The molecule has 2 heterocycles. The molecule has 2 aromatic heterocycles. The Kier molecular flexibility index (Phi) is 4.04. The summed E-state index contributed by atoms with van der Waals surface area (Å²) < 4.78 is 2.66. The molecular weight excluding hydrogens is 342 g/mol. The van der Waals surface area contributed by atoms with Crippen LogP contribution >= 0.6 is 0 Å². The van der Waals surface area contributed by atoms with Crippen LogP contribution in [0.2, 0.25) is 0 Å². The first-order chi connectivity index (χ1) is 13.1. The summed E-state index contributed by atoms with van der Waals surface area (Å²) >= 11 is 0. The minimum atomic E-state index is -0.262. The summed E-state index contributed by atoms with van der Waals surface area (Å²) in [5, 5.41) is 19.7. The fraction of sp³-hybridized carbons (Fsp3) is 0.100. The Bertz CT molecular complexity index is 1220. The quantitative estimate of drug-likeness (QED) is 0.570. The molecule has 0 aliphatic rings. The molecule has 1 N–H and O–H groups in total. The van der Waals surface area contributed by atoms with Crippen LogP contribution in [0.4, 0.5) is 0 Å². The van der Waals surface area contributed by atoms with Crippen molar-refractivity contribution in [2.45, 2.75) is 13.8 Å². The van der Waals surface area contributed by atoms with E-state index in [0.29, 0.717) is 28.0 Å². The maximum atomic E-state index is 12.7. The standard InChI is InChI=1S/C20H17N5O2/c1-13-17(20(27)25(23-13)15-8-4-3-5-9-15)12-21-24-14(2)22-18-11-7-6-10-16(18)19(24)26/h3-12,27H,1-2H3. The van der Waals surface area contributed by atoms with E-state index in [2.05, 4.69) is 15.2 Å². The lowest BCUT2D eigenvalue weighted by molar-refractivity contribution is 0.433. The largest absolute Gasteiger partial charge is 0.493 e. The number of rotatable bonds is 3. The molecule has 0 atom stereocenters. The molecule has 0 spiro atoms. The van der Waals surface area contributed by atoms with Gasteiger partial charge in [-0.15, -0.1) is 0 Å². The molecule has 0 aliphatic carbocycles. The van der Waals surface area contributed by atoms with Crippen LogP contribution in [0, 0.1) is 13.8 Å². The van der Waals surface area contributed by atoms with E-state index in [9.17, 15) is 9.90 Å². The van der Waals surface area contributed by atoms with Crippen LogP contribution in [0.1, 0.15) is 17.1 Å². The van der Waals surface area contributed by atoms with E-state index in [-0.39, 0.29) is 11.4 Å². The van der Waals surface area contributed by atoms with Crippen molar-refractivity contribution in [1.82, 2.24) is 19.4 Å². The number of aromatic nitrogens is 4. The zero-order valence-electron chi connectivity index (χ0n) is 14.9. The van der Waals surface area contributed by atoms with E-state index < -0.39 is 0 Å². The Morgan fingerprint density at radius 1 is 1.04 bits per heavy atom. The second-order valence-corrected chi connectivity index (χ2v) is 6.11. The van der Waals surface area contributed by atoms with Crippen molar-refractivity contribution in [3.05, 3.63) is 82.0 Å². The monoisotopic (exact) mass is 359 g/mol. The van der Waals surface area contributed by atoms with Crippen LogP contribution in [-0.4, -0.2) is 30.8 Å². The molecular formula is C20H17N5O2. The Morgan fingerprint density at radius 3 is 2.52 bits per heavy atom. The third-order valence-corrected chi connectivity index (χ3v) is 4.30. The molecule has 0 unspecified atom stereocenters. The van der Waals surface area contributed by atoms with Gasteiger partial charge in [0.2, 0.25) is 5.88 Å². The average molecular weight is 359 g/mol. The zero-order chi connectivity index (χ0) is 19.0. The van der Waals surface area contributed by atoms with E-state index in [1.54, 1.807) is 32.0 Å². The molecule has 27 heavy (non-hydrogen) atoms. The highest BCUT2D eigenvalue weighted by atomic mass is 16.3. The summed E-state index contributed by atoms with van der Waals surface area (Å²) in [4.78, 5) is 17.1. The highest BCUT2D eigenvalue weighted by molar-refractivity contribution is 5.84. The average Bonchev–Trinajstić information content (AvgIpc) is 2.96. The van der Waals surface area contributed by atoms with Crippen LogP contribution in [0.15, 0.2) is 64.5 Å². The second-order valence-electron chi connectivity index (χ2n) is 6.11. The van der Waals surface area contributed by atoms with E-state index in [0.717, 1.165) is 5.69 Å². The van der Waals surface area contributed by atoms with Crippen LogP contribution in [0.3, 0.4) is 0 Å². The van der Waals surface area contributed by atoms with Gasteiger partial charge in [-0.2, -0.15) is 14.9 Å². The van der Waals surface area contributed by atoms with Gasteiger partial charge in [-0.25, -0.2) is 9.67 Å². The molecule has 7 heteroatoms. The Balaban J connectivity index is 1.80. The number of aryl methyl sites for hydroxylation is 2. The van der Waals surface area contributed by atoms with E-state index in [1.165, 1.54) is 15.6 Å². The molecule has 4 aromatic rings. The molecule has 0 fully saturated rings. The van der Waals surface area contributed by atoms with Crippen molar-refractivity contribution >= 4 is 17.1 Å². The first kappa shape index (κ1) is 16.7. The molecule has 0 saturated carbocycles. The molecule has 0 amide bonds. The number of aromatic hydroxyl groups is 1. The van der Waals surface area contributed by atoms with Gasteiger partial charge in [-0.3, -0.25) is 4.79 Å². The summed E-state index contributed by atoms with van der Waals surface area (Å²) in [6, 6.07) is 16.4. The number of para-hydroxylation sites is 2. The topological polar surface area (TPSA) is 85.3 Å². The Labute approximate surface area is 154 Å². The van der Waals surface area contributed by atoms with E-state index in [4.69, 9.17) is 0 Å². The SMILES string of the molecule is Cc1nn(-c2ccccc2)c(O)c1C=Nn1c(C)nc2ccccc2c1=O. The predicted molar refractivity (Wildman–Crippen MR) is 104 cm³/mol. The van der Waals surface area contributed by atoms with Gasteiger partial charge in [-0.05, 0) is 38.1 Å². The summed E-state index contributed by atoms with van der Waals surface area (Å²) in [6.45, 7) is 3.49. The smallest absolute Gasteiger partial charge is 0.282 e. The number of hydrogen-bond acceptors (Lipinski definition) is 5. The molecule has 0 bridgehead atoms. The Hall–Kier alpha value is -3.74. The normalized spacial score (nSPS) is 11.5. The first-order valence-corrected chi connectivity index (χ1v) is 8.43. The van der Waals surface area contributed by atoms with Gasteiger partial charge < -0.3 is 5.11 Å². The molecule has 4 rings (SSSR count). The van der Waals surface area contributed by atoms with E-state index in [1.807, 2.05) is 36.4 Å². The lowest BCUT2D eigenvalue weighted by Crippen LogP contribution is -2.20. The maximum absolute atomic E-state index is 12.7. The number of benzene rings is 2. The van der Waals surface area contributed by atoms with Gasteiger partial charge in [-0.1, -0.05) is 30.3 Å². The molecule has 0 aliphatic heterocycles. The second kappa shape index (κ2) is 6.53. The predicted octanol–water partition coefficient (Wildman–Crippen LogP) is 2.79. The van der Waals surface area contributed by atoms with Gasteiger partial charge in [0.15, 0.2) is 0 Å². The fourth-order valence-electron chi connectivity index (χ4n) is 2.91. The summed E-state index contributed by atoms with van der Waals surface area (Å²) in [5.41, 5.74) is 2.14. The molecule has 0 radical (unpaired) electrons. The third-order valence-electron chi connectivity index (χ3n) is 4.30. The number of fused-ring (bicyclic) bond motifs is 1. The van der Waals surface area contributed by atoms with Gasteiger partial charge in [0.05, 0.1) is 34.1 Å². The molecule has 0 saturated heterocycles. The summed E-state index contributed by atoms with van der Waals surface area (Å²) in [7, 11) is 0. The van der Waals surface area contributed by atoms with Gasteiger partial charge >= 0.3 is 0 Å². The summed E-state index contributed by atoms with van der Waals surface area (Å²) in [5.74, 6) is 0.421. The number of nitrogens with zero attached hydrogens (tertiary/aromatic N) is 5. The molecule has 7 nitrogen and oxygen atoms in total. The van der Waals surface area contributed by atoms with Crippen molar-refractivity contribution in [3.8, 4) is 11.6 Å². The van der Waals surface area contributed by atoms with Crippen LogP contribution < -0.4 is 5.56 Å². The highest BCUT2D eigenvalue weighted by Gasteiger charge is 2.14. The van der Waals surface area contributed by atoms with Gasteiger partial charge in [0.1, 0.15) is 5.82 Å². The summed E-state index contributed by atoms with van der Waals surface area (Å²) in [6.07, 6.45) is 1.43. The molecule has 2 aromatic carbocycles. The minimum Gasteiger partial charge on any atom is -0.493 e.